The maximum absolute atomic E-state index is 11.6. The van der Waals surface area contributed by atoms with Gasteiger partial charge in [0.25, 0.3) is 5.91 Å². The van der Waals surface area contributed by atoms with E-state index in [9.17, 15) is 4.79 Å². The third kappa shape index (κ3) is 5.18. The molecule has 1 aromatic rings. The largest absolute Gasteiger partial charge is 0.497 e. The zero-order chi connectivity index (χ0) is 14.3. The molecule has 0 aliphatic carbocycles. The predicted molar refractivity (Wildman–Crippen MR) is 72.3 cm³/mol. The van der Waals surface area contributed by atoms with Crippen molar-refractivity contribution in [2.75, 3.05) is 20.3 Å². The standard InChI is InChI=1S/C14H21NO4/c1-10(8-16)11(2)15-14(17)9-19-13-6-4-12(18-3)5-7-13/h4-7,10-11,16H,8-9H2,1-3H3,(H,15,17). The normalized spacial score (nSPS) is 13.5. The summed E-state index contributed by atoms with van der Waals surface area (Å²) in [5.74, 6) is 1.16. The van der Waals surface area contributed by atoms with E-state index in [1.165, 1.54) is 0 Å². The van der Waals surface area contributed by atoms with Crippen LogP contribution in [0.4, 0.5) is 0 Å². The Morgan fingerprint density at radius 3 is 2.37 bits per heavy atom. The lowest BCUT2D eigenvalue weighted by atomic mass is 10.1. The molecule has 2 unspecified atom stereocenters. The van der Waals surface area contributed by atoms with Crippen LogP contribution in [0.3, 0.4) is 0 Å². The highest BCUT2D eigenvalue weighted by atomic mass is 16.5. The monoisotopic (exact) mass is 267 g/mol. The molecule has 0 heterocycles. The topological polar surface area (TPSA) is 67.8 Å². The van der Waals surface area contributed by atoms with E-state index in [2.05, 4.69) is 5.32 Å². The number of methoxy groups -OCH3 is 1. The van der Waals surface area contributed by atoms with Gasteiger partial charge >= 0.3 is 0 Å². The van der Waals surface area contributed by atoms with Crippen LogP contribution in [-0.2, 0) is 4.79 Å². The molecule has 5 heteroatoms. The smallest absolute Gasteiger partial charge is 0.258 e. The molecule has 0 aliphatic rings. The summed E-state index contributed by atoms with van der Waals surface area (Å²) < 4.78 is 10.4. The SMILES string of the molecule is COc1ccc(OCC(=O)NC(C)C(C)CO)cc1. The molecule has 5 nitrogen and oxygen atoms in total. The van der Waals surface area contributed by atoms with Gasteiger partial charge in [-0.2, -0.15) is 0 Å². The summed E-state index contributed by atoms with van der Waals surface area (Å²) in [5, 5.41) is 11.8. The van der Waals surface area contributed by atoms with Crippen molar-refractivity contribution in [1.82, 2.24) is 5.32 Å². The Kier molecular flexibility index (Phi) is 6.15. The number of rotatable bonds is 7. The van der Waals surface area contributed by atoms with Crippen molar-refractivity contribution in [3.63, 3.8) is 0 Å². The zero-order valence-corrected chi connectivity index (χ0v) is 11.6. The Bertz CT molecular complexity index is 391. The first-order chi connectivity index (χ1) is 9.06. The lowest BCUT2D eigenvalue weighted by Gasteiger charge is -2.19. The number of nitrogens with one attached hydrogen (secondary N) is 1. The highest BCUT2D eigenvalue weighted by molar-refractivity contribution is 5.77. The molecule has 1 rings (SSSR count). The Morgan fingerprint density at radius 1 is 1.26 bits per heavy atom. The van der Waals surface area contributed by atoms with Crippen molar-refractivity contribution in [3.8, 4) is 11.5 Å². The first kappa shape index (κ1) is 15.3. The molecule has 1 amide bonds. The summed E-state index contributed by atoms with van der Waals surface area (Å²) in [5.41, 5.74) is 0. The Labute approximate surface area is 113 Å². The fourth-order valence-corrected chi connectivity index (χ4v) is 1.42. The van der Waals surface area contributed by atoms with Crippen molar-refractivity contribution in [2.24, 2.45) is 5.92 Å². The molecular formula is C14H21NO4. The lowest BCUT2D eigenvalue weighted by Crippen LogP contribution is -2.40. The van der Waals surface area contributed by atoms with Crippen LogP contribution in [0, 0.1) is 5.92 Å². The molecule has 2 N–H and O–H groups in total. The van der Waals surface area contributed by atoms with Gasteiger partial charge in [-0.15, -0.1) is 0 Å². The average Bonchev–Trinajstić information content (AvgIpc) is 2.44. The summed E-state index contributed by atoms with van der Waals surface area (Å²) in [6, 6.07) is 6.93. The molecule has 0 fully saturated rings. The van der Waals surface area contributed by atoms with Gasteiger partial charge in [-0.25, -0.2) is 0 Å². The molecule has 1 aromatic carbocycles. The Hall–Kier alpha value is -1.75. The van der Waals surface area contributed by atoms with Crippen LogP contribution in [0.15, 0.2) is 24.3 Å². The first-order valence-corrected chi connectivity index (χ1v) is 6.24. The van der Waals surface area contributed by atoms with E-state index in [4.69, 9.17) is 14.6 Å². The number of aliphatic hydroxyl groups is 1. The van der Waals surface area contributed by atoms with E-state index in [0.29, 0.717) is 5.75 Å². The van der Waals surface area contributed by atoms with Crippen molar-refractivity contribution in [2.45, 2.75) is 19.9 Å². The van der Waals surface area contributed by atoms with Crippen LogP contribution < -0.4 is 14.8 Å². The molecule has 0 bridgehead atoms. The Morgan fingerprint density at radius 2 is 1.84 bits per heavy atom. The van der Waals surface area contributed by atoms with E-state index in [1.54, 1.807) is 31.4 Å². The first-order valence-electron chi connectivity index (χ1n) is 6.24. The second-order valence-corrected chi connectivity index (χ2v) is 4.48. The van der Waals surface area contributed by atoms with Gasteiger partial charge in [0.2, 0.25) is 0 Å². The minimum absolute atomic E-state index is 0.0185. The number of ether oxygens (including phenoxy) is 2. The molecule has 0 saturated carbocycles. The predicted octanol–water partition coefficient (Wildman–Crippen LogP) is 1.21. The third-order valence-electron chi connectivity index (χ3n) is 2.96. The molecule has 0 saturated heterocycles. The van der Waals surface area contributed by atoms with Gasteiger partial charge in [-0.05, 0) is 37.1 Å². The highest BCUT2D eigenvalue weighted by Gasteiger charge is 2.14. The van der Waals surface area contributed by atoms with Crippen LogP contribution in [-0.4, -0.2) is 37.4 Å². The zero-order valence-electron chi connectivity index (χ0n) is 11.6. The van der Waals surface area contributed by atoms with Gasteiger partial charge in [0, 0.05) is 12.6 Å². The average molecular weight is 267 g/mol. The van der Waals surface area contributed by atoms with Gasteiger partial charge in [0.15, 0.2) is 6.61 Å². The summed E-state index contributed by atoms with van der Waals surface area (Å²) in [4.78, 5) is 11.6. The molecule has 0 radical (unpaired) electrons. The molecule has 19 heavy (non-hydrogen) atoms. The number of hydrogen-bond acceptors (Lipinski definition) is 4. The number of amides is 1. The van der Waals surface area contributed by atoms with E-state index in [-0.39, 0.29) is 31.1 Å². The highest BCUT2D eigenvalue weighted by Crippen LogP contribution is 2.16. The van der Waals surface area contributed by atoms with Gasteiger partial charge in [0.05, 0.1) is 7.11 Å². The quantitative estimate of drug-likeness (QED) is 0.779. The van der Waals surface area contributed by atoms with Crippen LogP contribution >= 0.6 is 0 Å². The number of carbonyl (C=O) groups is 1. The lowest BCUT2D eigenvalue weighted by molar-refractivity contribution is -0.124. The van der Waals surface area contributed by atoms with Crippen LogP contribution in [0.2, 0.25) is 0 Å². The fraction of sp³-hybridized carbons (Fsp3) is 0.500. The minimum Gasteiger partial charge on any atom is -0.497 e. The van der Waals surface area contributed by atoms with E-state index in [0.717, 1.165) is 5.75 Å². The maximum atomic E-state index is 11.6. The van der Waals surface area contributed by atoms with Crippen LogP contribution in [0.25, 0.3) is 0 Å². The maximum Gasteiger partial charge on any atom is 0.258 e. The van der Waals surface area contributed by atoms with Gasteiger partial charge in [-0.3, -0.25) is 4.79 Å². The van der Waals surface area contributed by atoms with Crippen molar-refractivity contribution >= 4 is 5.91 Å². The van der Waals surface area contributed by atoms with Crippen LogP contribution in [0.1, 0.15) is 13.8 Å². The third-order valence-corrected chi connectivity index (χ3v) is 2.96. The molecular weight excluding hydrogens is 246 g/mol. The minimum atomic E-state index is -0.205. The summed E-state index contributed by atoms with van der Waals surface area (Å²) >= 11 is 0. The second kappa shape index (κ2) is 7.63. The van der Waals surface area contributed by atoms with Gasteiger partial charge in [-0.1, -0.05) is 6.92 Å². The molecule has 0 aliphatic heterocycles. The number of benzene rings is 1. The molecule has 0 spiro atoms. The van der Waals surface area contributed by atoms with Crippen molar-refractivity contribution in [1.29, 1.82) is 0 Å². The molecule has 106 valence electrons. The fourth-order valence-electron chi connectivity index (χ4n) is 1.42. The van der Waals surface area contributed by atoms with E-state index in [1.807, 2.05) is 13.8 Å². The van der Waals surface area contributed by atoms with Gasteiger partial charge < -0.3 is 19.9 Å². The molecule has 2 atom stereocenters. The summed E-state index contributed by atoms with van der Waals surface area (Å²) in [7, 11) is 1.59. The number of carbonyl (C=O) groups excluding carboxylic acids is 1. The number of hydrogen-bond donors (Lipinski definition) is 2. The van der Waals surface area contributed by atoms with E-state index >= 15 is 0 Å². The second-order valence-electron chi connectivity index (χ2n) is 4.48. The van der Waals surface area contributed by atoms with E-state index < -0.39 is 0 Å². The van der Waals surface area contributed by atoms with Crippen molar-refractivity contribution < 1.29 is 19.4 Å². The Balaban J connectivity index is 2.37. The molecule has 0 aromatic heterocycles. The van der Waals surface area contributed by atoms with Crippen LogP contribution in [0.5, 0.6) is 11.5 Å². The van der Waals surface area contributed by atoms with Crippen molar-refractivity contribution in [3.05, 3.63) is 24.3 Å². The summed E-state index contributed by atoms with van der Waals surface area (Å²) in [6.45, 7) is 3.72. The van der Waals surface area contributed by atoms with Gasteiger partial charge in [0.1, 0.15) is 11.5 Å². The summed E-state index contributed by atoms with van der Waals surface area (Å²) in [6.07, 6.45) is 0. The number of aliphatic hydroxyl groups excluding tert-OH is 1.